The highest BCUT2D eigenvalue weighted by Crippen LogP contribution is 2.37. The molecular formula is C15H11Cl4NO2. The van der Waals surface area contributed by atoms with Gasteiger partial charge in [-0.1, -0.05) is 46.4 Å². The van der Waals surface area contributed by atoms with Gasteiger partial charge in [-0.25, -0.2) is 0 Å². The van der Waals surface area contributed by atoms with Crippen molar-refractivity contribution < 1.29 is 9.47 Å². The van der Waals surface area contributed by atoms with Crippen LogP contribution in [0.1, 0.15) is 5.56 Å². The van der Waals surface area contributed by atoms with Gasteiger partial charge in [-0.15, -0.1) is 0 Å². The second kappa shape index (κ2) is 8.49. The fourth-order valence-electron chi connectivity index (χ4n) is 1.59. The Labute approximate surface area is 148 Å². The van der Waals surface area contributed by atoms with E-state index in [0.29, 0.717) is 28.2 Å². The molecule has 1 heterocycles. The van der Waals surface area contributed by atoms with E-state index in [-0.39, 0.29) is 11.1 Å². The number of nitrogens with zero attached hydrogens (tertiary/aromatic N) is 1. The zero-order chi connectivity index (χ0) is 15.9. The molecule has 0 N–H and O–H groups in total. The Bertz CT molecular complexity index is 635. The summed E-state index contributed by atoms with van der Waals surface area (Å²) >= 11 is 23.3. The molecule has 0 aliphatic carbocycles. The molecule has 2 aromatic rings. The lowest BCUT2D eigenvalue weighted by atomic mass is 10.3. The number of halogens is 4. The van der Waals surface area contributed by atoms with Crippen LogP contribution in [0.3, 0.4) is 0 Å². The van der Waals surface area contributed by atoms with E-state index in [9.17, 15) is 0 Å². The van der Waals surface area contributed by atoms with E-state index in [1.807, 2.05) is 12.1 Å². The monoisotopic (exact) mass is 377 g/mol. The second-order valence-electron chi connectivity index (χ2n) is 4.16. The van der Waals surface area contributed by atoms with Crippen molar-refractivity contribution in [3.63, 3.8) is 0 Å². The average Bonchev–Trinajstić information content (AvgIpc) is 2.47. The molecule has 0 bridgehead atoms. The summed E-state index contributed by atoms with van der Waals surface area (Å²) < 4.78 is 11.2. The highest BCUT2D eigenvalue weighted by molar-refractivity contribution is 6.55. The number of hydrogen-bond acceptors (Lipinski definition) is 3. The Morgan fingerprint density at radius 2 is 1.68 bits per heavy atom. The topological polar surface area (TPSA) is 31.4 Å². The van der Waals surface area contributed by atoms with E-state index < -0.39 is 0 Å². The zero-order valence-electron chi connectivity index (χ0n) is 11.2. The van der Waals surface area contributed by atoms with Crippen molar-refractivity contribution in [2.45, 2.75) is 6.61 Å². The van der Waals surface area contributed by atoms with Crippen molar-refractivity contribution in [3.05, 3.63) is 62.8 Å². The van der Waals surface area contributed by atoms with Crippen LogP contribution < -0.4 is 9.47 Å². The summed E-state index contributed by atoms with van der Waals surface area (Å²) in [5, 5.41) is 0.718. The molecule has 0 radical (unpaired) electrons. The minimum Gasteiger partial charge on any atom is -0.489 e. The molecule has 22 heavy (non-hydrogen) atoms. The number of aromatic nitrogens is 1. The first-order valence-electron chi connectivity index (χ1n) is 6.21. The number of pyridine rings is 1. The van der Waals surface area contributed by atoms with Crippen molar-refractivity contribution in [3.8, 4) is 11.5 Å². The molecule has 0 aliphatic heterocycles. The van der Waals surface area contributed by atoms with Gasteiger partial charge in [0.15, 0.2) is 5.75 Å². The molecular weight excluding hydrogens is 368 g/mol. The maximum atomic E-state index is 6.17. The van der Waals surface area contributed by atoms with E-state index in [2.05, 4.69) is 4.98 Å². The van der Waals surface area contributed by atoms with Crippen LogP contribution in [-0.2, 0) is 6.61 Å². The Kier molecular flexibility index (Phi) is 6.65. The van der Waals surface area contributed by atoms with Crippen LogP contribution in [0, 0.1) is 0 Å². The molecule has 116 valence electrons. The van der Waals surface area contributed by atoms with Crippen molar-refractivity contribution in [2.75, 3.05) is 6.61 Å². The summed E-state index contributed by atoms with van der Waals surface area (Å²) in [6.45, 7) is 0.555. The van der Waals surface area contributed by atoms with Gasteiger partial charge in [-0.2, -0.15) is 0 Å². The molecule has 1 aromatic heterocycles. The highest BCUT2D eigenvalue weighted by Gasteiger charge is 2.11. The van der Waals surface area contributed by atoms with Gasteiger partial charge in [0.05, 0.1) is 10.0 Å². The van der Waals surface area contributed by atoms with Gasteiger partial charge in [0.2, 0.25) is 0 Å². The summed E-state index contributed by atoms with van der Waals surface area (Å²) in [6, 6.07) is 6.93. The van der Waals surface area contributed by atoms with Crippen LogP contribution in [0.2, 0.25) is 10.0 Å². The zero-order valence-corrected chi connectivity index (χ0v) is 14.3. The molecule has 0 amide bonds. The van der Waals surface area contributed by atoms with Gasteiger partial charge in [0, 0.05) is 24.5 Å². The lowest BCUT2D eigenvalue weighted by Gasteiger charge is -2.12. The Morgan fingerprint density at radius 3 is 2.27 bits per heavy atom. The molecule has 0 saturated carbocycles. The number of hydrogen-bond donors (Lipinski definition) is 0. The Hall–Kier alpha value is -1.13. The molecule has 0 unspecified atom stereocenters. The normalized spacial score (nSPS) is 10.2. The number of benzene rings is 1. The molecule has 0 fully saturated rings. The quantitative estimate of drug-likeness (QED) is 0.649. The first-order valence-corrected chi connectivity index (χ1v) is 7.72. The SMILES string of the molecule is ClC(Cl)=CCOc1cc(Cl)c(OCc2ccncc2)c(Cl)c1. The molecule has 0 spiro atoms. The average molecular weight is 379 g/mol. The summed E-state index contributed by atoms with van der Waals surface area (Å²) in [4.78, 5) is 3.94. The van der Waals surface area contributed by atoms with Crippen molar-refractivity contribution >= 4 is 46.4 Å². The van der Waals surface area contributed by atoms with Crippen LogP contribution in [0.15, 0.2) is 47.2 Å². The number of ether oxygens (including phenoxy) is 2. The van der Waals surface area contributed by atoms with Gasteiger partial charge < -0.3 is 9.47 Å². The third kappa shape index (κ3) is 5.25. The molecule has 0 saturated heterocycles. The molecule has 3 nitrogen and oxygen atoms in total. The van der Waals surface area contributed by atoms with Gasteiger partial charge >= 0.3 is 0 Å². The minimum atomic E-state index is 0.134. The summed E-state index contributed by atoms with van der Waals surface area (Å²) in [5.74, 6) is 0.899. The third-order valence-electron chi connectivity index (χ3n) is 2.59. The van der Waals surface area contributed by atoms with Crippen LogP contribution in [-0.4, -0.2) is 11.6 Å². The molecule has 1 aromatic carbocycles. The summed E-state index contributed by atoms with van der Waals surface area (Å²) in [5.41, 5.74) is 0.962. The van der Waals surface area contributed by atoms with Crippen LogP contribution in [0.5, 0.6) is 11.5 Å². The summed E-state index contributed by atoms with van der Waals surface area (Å²) in [7, 11) is 0. The van der Waals surface area contributed by atoms with Gasteiger partial charge in [-0.05, 0) is 23.8 Å². The Morgan fingerprint density at radius 1 is 1.05 bits per heavy atom. The molecule has 2 rings (SSSR count). The van der Waals surface area contributed by atoms with Crippen molar-refractivity contribution in [2.24, 2.45) is 0 Å². The maximum Gasteiger partial charge on any atom is 0.157 e. The first kappa shape index (κ1) is 17.2. The predicted octanol–water partition coefficient (Wildman–Crippen LogP) is 5.67. The van der Waals surface area contributed by atoms with Crippen molar-refractivity contribution in [1.82, 2.24) is 4.98 Å². The second-order valence-corrected chi connectivity index (χ2v) is 5.99. The van der Waals surface area contributed by atoms with E-state index in [1.54, 1.807) is 24.5 Å². The van der Waals surface area contributed by atoms with E-state index in [4.69, 9.17) is 55.9 Å². The fourth-order valence-corrected chi connectivity index (χ4v) is 2.30. The third-order valence-corrected chi connectivity index (χ3v) is 3.46. The largest absolute Gasteiger partial charge is 0.489 e. The lowest BCUT2D eigenvalue weighted by molar-refractivity contribution is 0.305. The molecule has 0 atom stereocenters. The lowest BCUT2D eigenvalue weighted by Crippen LogP contribution is -1.98. The predicted molar refractivity (Wildman–Crippen MR) is 90.3 cm³/mol. The molecule has 0 aliphatic rings. The molecule has 7 heteroatoms. The van der Waals surface area contributed by atoms with E-state index in [0.717, 1.165) is 5.56 Å². The van der Waals surface area contributed by atoms with E-state index >= 15 is 0 Å². The first-order chi connectivity index (χ1) is 10.6. The van der Waals surface area contributed by atoms with E-state index in [1.165, 1.54) is 6.08 Å². The van der Waals surface area contributed by atoms with Crippen LogP contribution in [0.4, 0.5) is 0 Å². The maximum absolute atomic E-state index is 6.17. The smallest absolute Gasteiger partial charge is 0.157 e. The van der Waals surface area contributed by atoms with Crippen molar-refractivity contribution in [1.29, 1.82) is 0 Å². The Balaban J connectivity index is 2.05. The fraction of sp³-hybridized carbons (Fsp3) is 0.133. The van der Waals surface area contributed by atoms with Crippen LogP contribution >= 0.6 is 46.4 Å². The minimum absolute atomic E-state index is 0.134. The van der Waals surface area contributed by atoms with Crippen LogP contribution in [0.25, 0.3) is 0 Å². The summed E-state index contributed by atoms with van der Waals surface area (Å²) in [6.07, 6.45) is 4.89. The van der Waals surface area contributed by atoms with Gasteiger partial charge in [0.25, 0.3) is 0 Å². The van der Waals surface area contributed by atoms with Gasteiger partial charge in [-0.3, -0.25) is 4.98 Å². The highest BCUT2D eigenvalue weighted by atomic mass is 35.5. The standard InChI is InChI=1S/C15H11Cl4NO2/c16-12-7-11(21-6-3-14(18)19)8-13(17)15(12)22-9-10-1-4-20-5-2-10/h1-5,7-8H,6,9H2. The van der Waals surface area contributed by atoms with Gasteiger partial charge in [0.1, 0.15) is 23.5 Å². The number of rotatable bonds is 6.